The van der Waals surface area contributed by atoms with Gasteiger partial charge in [-0.05, 0) is 48.4 Å². The number of rotatable bonds is 2. The van der Waals surface area contributed by atoms with Gasteiger partial charge in [-0.3, -0.25) is 4.79 Å². The van der Waals surface area contributed by atoms with E-state index in [1.807, 2.05) is 12.1 Å². The molecule has 0 radical (unpaired) electrons. The van der Waals surface area contributed by atoms with Crippen molar-refractivity contribution >= 4 is 17.5 Å². The lowest BCUT2D eigenvalue weighted by Gasteiger charge is -2.19. The summed E-state index contributed by atoms with van der Waals surface area (Å²) in [4.78, 5) is 12.3. The normalized spacial score (nSPS) is 26.9. The molecule has 4 heteroatoms. The van der Waals surface area contributed by atoms with Crippen molar-refractivity contribution in [3.63, 3.8) is 0 Å². The summed E-state index contributed by atoms with van der Waals surface area (Å²) >= 11 is 5.96. The Morgan fingerprint density at radius 3 is 2.95 bits per heavy atom. The van der Waals surface area contributed by atoms with Crippen LogP contribution in [-0.2, 0) is 11.2 Å². The van der Waals surface area contributed by atoms with Crippen LogP contribution in [0.15, 0.2) is 18.2 Å². The molecule has 1 aliphatic heterocycles. The first kappa shape index (κ1) is 13.7. The van der Waals surface area contributed by atoms with E-state index in [9.17, 15) is 4.79 Å². The van der Waals surface area contributed by atoms with Gasteiger partial charge in [-0.15, -0.1) is 0 Å². The average molecular weight is 294 g/mol. The molecule has 0 saturated heterocycles. The number of ether oxygens (including phenoxy) is 1. The summed E-state index contributed by atoms with van der Waals surface area (Å²) < 4.78 is 5.72. The highest BCUT2D eigenvalue weighted by Gasteiger charge is 2.35. The lowest BCUT2D eigenvalue weighted by atomic mass is 9.92. The van der Waals surface area contributed by atoms with Crippen molar-refractivity contribution in [2.75, 3.05) is 0 Å². The molecule has 2 aliphatic rings. The van der Waals surface area contributed by atoms with Gasteiger partial charge in [-0.25, -0.2) is 0 Å². The van der Waals surface area contributed by atoms with Gasteiger partial charge in [0.2, 0.25) is 0 Å². The monoisotopic (exact) mass is 293 g/mol. The first-order valence-electron chi connectivity index (χ1n) is 7.18. The molecular weight excluding hydrogens is 274 g/mol. The fourth-order valence-electron chi connectivity index (χ4n) is 3.22. The smallest absolute Gasteiger partial charge is 0.261 e. The van der Waals surface area contributed by atoms with Gasteiger partial charge in [0, 0.05) is 17.5 Å². The van der Waals surface area contributed by atoms with Crippen molar-refractivity contribution in [3.05, 3.63) is 28.8 Å². The number of benzene rings is 1. The molecule has 1 fully saturated rings. The topological polar surface area (TPSA) is 38.3 Å². The zero-order chi connectivity index (χ0) is 14.3. The Kier molecular flexibility index (Phi) is 3.41. The Balaban J connectivity index is 1.60. The quantitative estimate of drug-likeness (QED) is 0.908. The van der Waals surface area contributed by atoms with Crippen LogP contribution in [0.2, 0.25) is 5.02 Å². The third-order valence-electron chi connectivity index (χ3n) is 4.30. The van der Waals surface area contributed by atoms with E-state index in [4.69, 9.17) is 16.3 Å². The Hall–Kier alpha value is -1.22. The van der Waals surface area contributed by atoms with E-state index in [0.29, 0.717) is 16.9 Å². The van der Waals surface area contributed by atoms with Crippen LogP contribution in [0.3, 0.4) is 0 Å². The molecule has 1 N–H and O–H groups in total. The zero-order valence-electron chi connectivity index (χ0n) is 11.9. The summed E-state index contributed by atoms with van der Waals surface area (Å²) in [6.07, 6.45) is 3.47. The van der Waals surface area contributed by atoms with Gasteiger partial charge in [0.05, 0.1) is 0 Å². The molecule has 3 nitrogen and oxygen atoms in total. The highest BCUT2D eigenvalue weighted by atomic mass is 35.5. The summed E-state index contributed by atoms with van der Waals surface area (Å²) in [5.41, 5.74) is 1.36. The maximum Gasteiger partial charge on any atom is 0.261 e. The van der Waals surface area contributed by atoms with Gasteiger partial charge in [-0.1, -0.05) is 25.4 Å². The minimum absolute atomic E-state index is 0.0000208. The van der Waals surface area contributed by atoms with Gasteiger partial charge in [0.15, 0.2) is 6.10 Å². The second-order valence-electron chi connectivity index (χ2n) is 6.68. The first-order valence-corrected chi connectivity index (χ1v) is 7.56. The zero-order valence-corrected chi connectivity index (χ0v) is 12.7. The van der Waals surface area contributed by atoms with Crippen LogP contribution >= 0.6 is 11.6 Å². The first-order chi connectivity index (χ1) is 9.43. The Morgan fingerprint density at radius 2 is 2.25 bits per heavy atom. The highest BCUT2D eigenvalue weighted by Crippen LogP contribution is 2.37. The van der Waals surface area contributed by atoms with Gasteiger partial charge in [0.1, 0.15) is 5.75 Å². The molecule has 1 heterocycles. The number of hydrogen-bond donors (Lipinski definition) is 1. The molecule has 0 aromatic heterocycles. The van der Waals surface area contributed by atoms with E-state index in [1.165, 1.54) is 6.42 Å². The molecule has 20 heavy (non-hydrogen) atoms. The Morgan fingerprint density at radius 1 is 1.45 bits per heavy atom. The standard InChI is InChI=1S/C16H20ClNO2/c1-16(2)6-5-12(9-16)18-15(19)14-8-10-7-11(17)3-4-13(10)20-14/h3-4,7,12,14H,5-6,8-9H2,1-2H3,(H,18,19). The third kappa shape index (κ3) is 2.78. The van der Waals surface area contributed by atoms with Crippen LogP contribution in [0, 0.1) is 5.41 Å². The molecule has 1 aromatic rings. The molecule has 2 atom stereocenters. The Bertz CT molecular complexity index is 541. The summed E-state index contributed by atoms with van der Waals surface area (Å²) in [6, 6.07) is 5.79. The average Bonchev–Trinajstić information content (AvgIpc) is 2.92. The number of fused-ring (bicyclic) bond motifs is 1. The van der Waals surface area contributed by atoms with E-state index in [1.54, 1.807) is 6.07 Å². The van der Waals surface area contributed by atoms with Crippen LogP contribution in [0.1, 0.15) is 38.7 Å². The highest BCUT2D eigenvalue weighted by molar-refractivity contribution is 6.30. The van der Waals surface area contributed by atoms with E-state index < -0.39 is 6.10 Å². The number of carbonyl (C=O) groups excluding carboxylic acids is 1. The van der Waals surface area contributed by atoms with Crippen molar-refractivity contribution in [1.82, 2.24) is 5.32 Å². The molecule has 3 rings (SSSR count). The summed E-state index contributed by atoms with van der Waals surface area (Å²) in [7, 11) is 0. The minimum atomic E-state index is -0.410. The Labute approximate surface area is 124 Å². The van der Waals surface area contributed by atoms with E-state index >= 15 is 0 Å². The molecule has 1 aromatic carbocycles. The van der Waals surface area contributed by atoms with Crippen molar-refractivity contribution < 1.29 is 9.53 Å². The van der Waals surface area contributed by atoms with Crippen LogP contribution in [0.4, 0.5) is 0 Å². The van der Waals surface area contributed by atoms with E-state index in [0.717, 1.165) is 24.2 Å². The van der Waals surface area contributed by atoms with Crippen molar-refractivity contribution in [2.24, 2.45) is 5.41 Å². The number of amides is 1. The van der Waals surface area contributed by atoms with E-state index in [-0.39, 0.29) is 11.9 Å². The second-order valence-corrected chi connectivity index (χ2v) is 7.11. The van der Waals surface area contributed by atoms with Crippen molar-refractivity contribution in [2.45, 2.75) is 51.7 Å². The molecule has 1 amide bonds. The fourth-order valence-corrected chi connectivity index (χ4v) is 3.41. The number of carbonyl (C=O) groups is 1. The summed E-state index contributed by atoms with van der Waals surface area (Å²) in [5.74, 6) is 0.779. The van der Waals surface area contributed by atoms with Gasteiger partial charge in [-0.2, -0.15) is 0 Å². The molecule has 108 valence electrons. The molecule has 1 aliphatic carbocycles. The lowest BCUT2D eigenvalue weighted by Crippen LogP contribution is -2.42. The summed E-state index contributed by atoms with van der Waals surface area (Å²) in [6.45, 7) is 4.51. The number of hydrogen-bond acceptors (Lipinski definition) is 2. The minimum Gasteiger partial charge on any atom is -0.480 e. The SMILES string of the molecule is CC1(C)CCC(NC(=O)C2Cc3cc(Cl)ccc3O2)C1. The predicted octanol–water partition coefficient (Wildman–Crippen LogP) is 3.34. The predicted molar refractivity (Wildman–Crippen MR) is 79.1 cm³/mol. The van der Waals surface area contributed by atoms with E-state index in [2.05, 4.69) is 19.2 Å². The van der Waals surface area contributed by atoms with Crippen molar-refractivity contribution in [1.29, 1.82) is 0 Å². The lowest BCUT2D eigenvalue weighted by molar-refractivity contribution is -0.127. The number of nitrogens with one attached hydrogen (secondary N) is 1. The van der Waals surface area contributed by atoms with Gasteiger partial charge >= 0.3 is 0 Å². The van der Waals surface area contributed by atoms with Crippen molar-refractivity contribution in [3.8, 4) is 5.75 Å². The molecule has 1 saturated carbocycles. The third-order valence-corrected chi connectivity index (χ3v) is 4.54. The van der Waals surface area contributed by atoms with Crippen LogP contribution < -0.4 is 10.1 Å². The van der Waals surface area contributed by atoms with Gasteiger partial charge < -0.3 is 10.1 Å². The van der Waals surface area contributed by atoms with Crippen LogP contribution in [-0.4, -0.2) is 18.1 Å². The maximum absolute atomic E-state index is 12.3. The molecular formula is C16H20ClNO2. The molecule has 2 unspecified atom stereocenters. The molecule has 0 bridgehead atoms. The van der Waals surface area contributed by atoms with Crippen LogP contribution in [0.5, 0.6) is 5.75 Å². The van der Waals surface area contributed by atoms with Gasteiger partial charge in [0.25, 0.3) is 5.91 Å². The van der Waals surface area contributed by atoms with Crippen LogP contribution in [0.25, 0.3) is 0 Å². The largest absolute Gasteiger partial charge is 0.480 e. The maximum atomic E-state index is 12.3. The number of halogens is 1. The fraction of sp³-hybridized carbons (Fsp3) is 0.562. The molecule has 0 spiro atoms. The second kappa shape index (κ2) is 4.96. The summed E-state index contributed by atoms with van der Waals surface area (Å²) in [5, 5.41) is 3.82.